The van der Waals surface area contributed by atoms with Crippen molar-refractivity contribution < 1.29 is 0 Å². The van der Waals surface area contributed by atoms with E-state index in [1.165, 1.54) is 54.8 Å². The summed E-state index contributed by atoms with van der Waals surface area (Å²) in [6.45, 7) is 0. The van der Waals surface area contributed by atoms with Crippen molar-refractivity contribution >= 4 is 27.8 Å². The molecule has 3 rings (SSSR count). The fourth-order valence-corrected chi connectivity index (χ4v) is 3.72. The summed E-state index contributed by atoms with van der Waals surface area (Å²) in [5.74, 6) is 0. The number of nitrogens with zero attached hydrogens (tertiary/aromatic N) is 1. The summed E-state index contributed by atoms with van der Waals surface area (Å²) in [6, 6.07) is 9.05. The Labute approximate surface area is 117 Å². The van der Waals surface area contributed by atoms with Gasteiger partial charge in [0, 0.05) is 28.0 Å². The maximum Gasteiger partial charge on any atom is 0.156 e. The van der Waals surface area contributed by atoms with Crippen molar-refractivity contribution in [3.63, 3.8) is 0 Å². The van der Waals surface area contributed by atoms with Crippen LogP contribution in [-0.4, -0.2) is 9.73 Å². The molecule has 1 saturated carbocycles. The summed E-state index contributed by atoms with van der Waals surface area (Å²) in [5.41, 5.74) is 6.82. The molecule has 0 amide bonds. The lowest BCUT2D eigenvalue weighted by molar-refractivity contribution is 0.360. The number of hydrogen-bond donors (Lipinski definition) is 2. The Morgan fingerprint density at radius 1 is 1.21 bits per heavy atom. The van der Waals surface area contributed by atoms with Gasteiger partial charge in [-0.1, -0.05) is 49.2 Å². The summed E-state index contributed by atoms with van der Waals surface area (Å²) in [5, 5.41) is 8.87. The molecule has 1 aliphatic carbocycles. The summed E-state index contributed by atoms with van der Waals surface area (Å²) in [6.07, 6.45) is 8.74. The van der Waals surface area contributed by atoms with Crippen LogP contribution in [0.2, 0.25) is 0 Å². The number of aromatic nitrogens is 1. The van der Waals surface area contributed by atoms with Gasteiger partial charge in [0.25, 0.3) is 0 Å². The number of hydrogen-bond acceptors (Lipinski definition) is 2. The molecule has 0 aliphatic heterocycles. The average molecular weight is 273 g/mol. The van der Waals surface area contributed by atoms with E-state index in [1.807, 2.05) is 0 Å². The Hall–Kier alpha value is -1.42. The van der Waals surface area contributed by atoms with Crippen LogP contribution in [0.5, 0.6) is 0 Å². The topological polar surface area (TPSA) is 54.8 Å². The van der Waals surface area contributed by atoms with Crippen molar-refractivity contribution in [3.05, 3.63) is 30.5 Å². The van der Waals surface area contributed by atoms with Crippen molar-refractivity contribution in [1.29, 1.82) is 5.41 Å². The van der Waals surface area contributed by atoms with Gasteiger partial charge in [-0.2, -0.15) is 0 Å². The second-order valence-electron chi connectivity index (χ2n) is 5.18. The normalized spacial score (nSPS) is 16.8. The van der Waals surface area contributed by atoms with E-state index < -0.39 is 0 Å². The summed E-state index contributed by atoms with van der Waals surface area (Å²) in [7, 11) is 0. The van der Waals surface area contributed by atoms with Crippen LogP contribution in [0.1, 0.15) is 38.1 Å². The molecule has 1 aromatic carbocycles. The van der Waals surface area contributed by atoms with Gasteiger partial charge in [0.1, 0.15) is 0 Å². The van der Waals surface area contributed by atoms with Gasteiger partial charge in [-0.05, 0) is 18.9 Å². The molecule has 0 spiro atoms. The third kappa shape index (κ3) is 2.50. The third-order valence-electron chi connectivity index (χ3n) is 3.89. The Balaban J connectivity index is 2.05. The number of nitrogens with one attached hydrogen (secondary N) is 1. The maximum atomic E-state index is 7.49. The number of benzene rings is 1. The van der Waals surface area contributed by atoms with Crippen LogP contribution in [0.15, 0.2) is 35.4 Å². The molecule has 100 valence electrons. The minimum atomic E-state index is 0.159. The largest absolute Gasteiger partial charge is 0.378 e. The van der Waals surface area contributed by atoms with E-state index in [-0.39, 0.29) is 5.17 Å². The first kappa shape index (κ1) is 12.6. The van der Waals surface area contributed by atoms with E-state index >= 15 is 0 Å². The summed E-state index contributed by atoms with van der Waals surface area (Å²) >= 11 is 1.35. The summed E-state index contributed by atoms with van der Waals surface area (Å²) in [4.78, 5) is 1.11. The number of fused-ring (bicyclic) bond motifs is 1. The molecule has 19 heavy (non-hydrogen) atoms. The van der Waals surface area contributed by atoms with Crippen molar-refractivity contribution in [3.8, 4) is 0 Å². The second kappa shape index (κ2) is 5.29. The molecule has 0 radical (unpaired) electrons. The zero-order valence-electron chi connectivity index (χ0n) is 10.9. The molecule has 0 unspecified atom stereocenters. The van der Waals surface area contributed by atoms with Crippen LogP contribution in [-0.2, 0) is 0 Å². The predicted molar refractivity (Wildman–Crippen MR) is 81.8 cm³/mol. The van der Waals surface area contributed by atoms with Gasteiger partial charge in [-0.15, -0.1) is 0 Å². The van der Waals surface area contributed by atoms with Crippen molar-refractivity contribution in [2.75, 3.05) is 0 Å². The van der Waals surface area contributed by atoms with Crippen LogP contribution in [0.4, 0.5) is 0 Å². The van der Waals surface area contributed by atoms with Gasteiger partial charge in [-0.3, -0.25) is 5.41 Å². The lowest BCUT2D eigenvalue weighted by Crippen LogP contribution is -2.11. The quantitative estimate of drug-likeness (QED) is 0.491. The van der Waals surface area contributed by atoms with E-state index in [0.29, 0.717) is 6.04 Å². The van der Waals surface area contributed by atoms with E-state index in [4.69, 9.17) is 11.1 Å². The molecule has 1 fully saturated rings. The minimum Gasteiger partial charge on any atom is -0.378 e. The smallest absolute Gasteiger partial charge is 0.156 e. The Morgan fingerprint density at radius 2 is 1.95 bits per heavy atom. The summed E-state index contributed by atoms with van der Waals surface area (Å²) < 4.78 is 2.40. The average Bonchev–Trinajstić information content (AvgIpc) is 2.78. The fourth-order valence-electron chi connectivity index (χ4n) is 3.03. The molecule has 1 aromatic heterocycles. The van der Waals surface area contributed by atoms with Crippen LogP contribution >= 0.6 is 11.8 Å². The van der Waals surface area contributed by atoms with Gasteiger partial charge in [0.2, 0.25) is 0 Å². The van der Waals surface area contributed by atoms with Gasteiger partial charge in [0.05, 0.1) is 0 Å². The lowest BCUT2D eigenvalue weighted by atomic mass is 9.95. The van der Waals surface area contributed by atoms with E-state index in [0.717, 1.165) is 4.90 Å². The van der Waals surface area contributed by atoms with Gasteiger partial charge in [-0.25, -0.2) is 0 Å². The molecular formula is C15H19N3S. The molecule has 0 atom stereocenters. The Bertz CT molecular complexity index is 596. The molecular weight excluding hydrogens is 254 g/mol. The second-order valence-corrected chi connectivity index (χ2v) is 6.26. The first-order valence-corrected chi connectivity index (χ1v) is 7.69. The predicted octanol–water partition coefficient (Wildman–Crippen LogP) is 4.13. The van der Waals surface area contributed by atoms with E-state index in [9.17, 15) is 0 Å². The van der Waals surface area contributed by atoms with Crippen LogP contribution in [0.3, 0.4) is 0 Å². The van der Waals surface area contributed by atoms with Gasteiger partial charge in [0.15, 0.2) is 5.17 Å². The highest BCUT2D eigenvalue weighted by molar-refractivity contribution is 8.13. The lowest BCUT2D eigenvalue weighted by Gasteiger charge is -2.24. The molecule has 4 heteroatoms. The highest BCUT2D eigenvalue weighted by atomic mass is 32.2. The Kier molecular flexibility index (Phi) is 3.51. The van der Waals surface area contributed by atoms with E-state index in [1.54, 1.807) is 0 Å². The zero-order chi connectivity index (χ0) is 13.2. The van der Waals surface area contributed by atoms with Crippen LogP contribution in [0, 0.1) is 5.41 Å². The third-order valence-corrected chi connectivity index (χ3v) is 4.66. The van der Waals surface area contributed by atoms with Gasteiger partial charge < -0.3 is 10.3 Å². The number of amidine groups is 1. The fraction of sp³-hybridized carbons (Fsp3) is 0.400. The van der Waals surface area contributed by atoms with Gasteiger partial charge >= 0.3 is 0 Å². The van der Waals surface area contributed by atoms with Crippen molar-refractivity contribution in [2.24, 2.45) is 5.73 Å². The molecule has 1 aliphatic rings. The highest BCUT2D eigenvalue weighted by Crippen LogP contribution is 2.36. The number of para-hydroxylation sites is 1. The molecule has 3 N–H and O–H groups in total. The number of rotatable bonds is 2. The maximum absolute atomic E-state index is 7.49. The molecule has 3 nitrogen and oxygen atoms in total. The molecule has 0 saturated heterocycles. The number of thioether (sulfide) groups is 1. The molecule has 0 bridgehead atoms. The molecule has 1 heterocycles. The highest BCUT2D eigenvalue weighted by Gasteiger charge is 2.19. The molecule has 2 aromatic rings. The Morgan fingerprint density at radius 3 is 2.68 bits per heavy atom. The SMILES string of the molecule is N=C(N)Sc1cn(C2CCCCC2)c2ccccc12. The van der Waals surface area contributed by atoms with Crippen molar-refractivity contribution in [1.82, 2.24) is 4.57 Å². The van der Waals surface area contributed by atoms with Crippen molar-refractivity contribution in [2.45, 2.75) is 43.0 Å². The van der Waals surface area contributed by atoms with E-state index in [2.05, 4.69) is 35.0 Å². The monoisotopic (exact) mass is 273 g/mol. The first-order valence-electron chi connectivity index (χ1n) is 6.87. The van der Waals surface area contributed by atoms with Crippen LogP contribution in [0.25, 0.3) is 10.9 Å². The van der Waals surface area contributed by atoms with Crippen LogP contribution < -0.4 is 5.73 Å². The standard InChI is InChI=1S/C15H19N3S/c16-15(17)19-14-10-18(11-6-2-1-3-7-11)13-9-5-4-8-12(13)14/h4-5,8-11H,1-3,6-7H2,(H3,16,17). The number of nitrogens with two attached hydrogens (primary N) is 1. The zero-order valence-corrected chi connectivity index (χ0v) is 11.7. The minimum absolute atomic E-state index is 0.159. The first-order chi connectivity index (χ1) is 9.25.